The molecule has 162 valence electrons. The first kappa shape index (κ1) is 20.7. The average molecular weight is 434 g/mol. The van der Waals surface area contributed by atoms with Crippen molar-refractivity contribution in [2.75, 3.05) is 7.11 Å². The van der Waals surface area contributed by atoms with E-state index < -0.39 is 5.91 Å². The molecule has 0 saturated carbocycles. The van der Waals surface area contributed by atoms with Crippen molar-refractivity contribution in [1.29, 1.82) is 0 Å². The number of carbonyl (C=O) groups is 1. The molecule has 0 fully saturated rings. The number of ether oxygens (including phenoxy) is 1. The van der Waals surface area contributed by atoms with Gasteiger partial charge in [-0.2, -0.15) is 0 Å². The minimum Gasteiger partial charge on any atom is -0.496 e. The molecule has 0 aromatic heterocycles. The van der Waals surface area contributed by atoms with Crippen LogP contribution in [0.25, 0.3) is 32.7 Å². The standard InChI is InChI=1S/C29H23NO3/c1-33-26-18-16-22-12-6-8-14-24(22)28(26)27-23-13-7-5-11-21(23)15-17-25(27)29(31)30(32)19-20-9-3-2-4-10-20/h2-18,32H,19H2,1H3. The molecule has 1 amide bonds. The fourth-order valence-electron chi connectivity index (χ4n) is 4.37. The molecule has 0 aliphatic carbocycles. The van der Waals surface area contributed by atoms with Crippen LogP contribution >= 0.6 is 0 Å². The fourth-order valence-corrected chi connectivity index (χ4v) is 4.37. The second kappa shape index (κ2) is 8.77. The molecule has 0 aliphatic heterocycles. The van der Waals surface area contributed by atoms with E-state index >= 15 is 0 Å². The first-order valence-corrected chi connectivity index (χ1v) is 10.8. The summed E-state index contributed by atoms with van der Waals surface area (Å²) >= 11 is 0. The average Bonchev–Trinajstić information content (AvgIpc) is 2.87. The van der Waals surface area contributed by atoms with Crippen LogP contribution in [0.4, 0.5) is 0 Å². The number of methoxy groups -OCH3 is 1. The van der Waals surface area contributed by atoms with E-state index in [1.807, 2.05) is 97.1 Å². The zero-order chi connectivity index (χ0) is 22.8. The molecule has 0 spiro atoms. The number of hydrogen-bond acceptors (Lipinski definition) is 3. The van der Waals surface area contributed by atoms with Gasteiger partial charge in [-0.3, -0.25) is 10.0 Å². The Hall–Kier alpha value is -4.15. The van der Waals surface area contributed by atoms with Crippen molar-refractivity contribution in [2.45, 2.75) is 6.54 Å². The third-order valence-corrected chi connectivity index (χ3v) is 5.93. The van der Waals surface area contributed by atoms with Crippen LogP contribution < -0.4 is 4.74 Å². The van der Waals surface area contributed by atoms with Gasteiger partial charge in [0, 0.05) is 11.1 Å². The highest BCUT2D eigenvalue weighted by Gasteiger charge is 2.24. The van der Waals surface area contributed by atoms with Gasteiger partial charge in [-0.05, 0) is 39.2 Å². The van der Waals surface area contributed by atoms with Gasteiger partial charge in [0.15, 0.2) is 0 Å². The zero-order valence-electron chi connectivity index (χ0n) is 18.2. The van der Waals surface area contributed by atoms with Gasteiger partial charge in [-0.25, -0.2) is 5.06 Å². The van der Waals surface area contributed by atoms with Gasteiger partial charge in [0.25, 0.3) is 5.91 Å². The number of nitrogens with zero attached hydrogens (tertiary/aromatic N) is 1. The van der Waals surface area contributed by atoms with Gasteiger partial charge in [0.1, 0.15) is 5.75 Å². The van der Waals surface area contributed by atoms with Gasteiger partial charge < -0.3 is 4.74 Å². The van der Waals surface area contributed by atoms with Crippen molar-refractivity contribution in [3.8, 4) is 16.9 Å². The van der Waals surface area contributed by atoms with Crippen molar-refractivity contribution in [1.82, 2.24) is 5.06 Å². The van der Waals surface area contributed by atoms with Crippen LogP contribution in [0.2, 0.25) is 0 Å². The summed E-state index contributed by atoms with van der Waals surface area (Å²) in [6.45, 7) is 0.0958. The Morgan fingerprint density at radius 1 is 0.727 bits per heavy atom. The van der Waals surface area contributed by atoms with Crippen molar-refractivity contribution >= 4 is 27.5 Å². The summed E-state index contributed by atoms with van der Waals surface area (Å²) in [6.07, 6.45) is 0. The Morgan fingerprint density at radius 3 is 1.97 bits per heavy atom. The maximum atomic E-state index is 13.6. The molecule has 5 aromatic rings. The summed E-state index contributed by atoms with van der Waals surface area (Å²) in [4.78, 5) is 13.6. The summed E-state index contributed by atoms with van der Waals surface area (Å²) in [7, 11) is 1.63. The molecule has 0 heterocycles. The number of benzene rings is 5. The van der Waals surface area contributed by atoms with Crippen LogP contribution in [-0.4, -0.2) is 23.3 Å². The predicted molar refractivity (Wildman–Crippen MR) is 132 cm³/mol. The molecule has 5 rings (SSSR count). The molecule has 0 radical (unpaired) electrons. The Bertz CT molecular complexity index is 1460. The third kappa shape index (κ3) is 3.81. The normalized spacial score (nSPS) is 11.0. The van der Waals surface area contributed by atoms with Crippen LogP contribution in [0.3, 0.4) is 0 Å². The Labute approximate surface area is 192 Å². The lowest BCUT2D eigenvalue weighted by Gasteiger charge is -2.21. The van der Waals surface area contributed by atoms with Gasteiger partial charge in [-0.1, -0.05) is 91.0 Å². The summed E-state index contributed by atoms with van der Waals surface area (Å²) in [5.74, 6) is 0.209. The molecular weight excluding hydrogens is 410 g/mol. The smallest absolute Gasteiger partial charge is 0.278 e. The lowest BCUT2D eigenvalue weighted by atomic mass is 9.89. The number of amides is 1. The van der Waals surface area contributed by atoms with Crippen molar-refractivity contribution in [2.24, 2.45) is 0 Å². The largest absolute Gasteiger partial charge is 0.496 e. The Balaban J connectivity index is 1.75. The zero-order valence-corrected chi connectivity index (χ0v) is 18.2. The van der Waals surface area contributed by atoms with Gasteiger partial charge in [0.2, 0.25) is 0 Å². The summed E-state index contributed by atoms with van der Waals surface area (Å²) < 4.78 is 5.76. The molecular formula is C29H23NO3. The Kier molecular flexibility index (Phi) is 5.51. The topological polar surface area (TPSA) is 49.8 Å². The SMILES string of the molecule is COc1ccc2ccccc2c1-c1c(C(=O)N(O)Cc2ccccc2)ccc2ccccc12. The van der Waals surface area contributed by atoms with Crippen molar-refractivity contribution in [3.63, 3.8) is 0 Å². The highest BCUT2D eigenvalue weighted by molar-refractivity contribution is 6.15. The second-order valence-electron chi connectivity index (χ2n) is 7.92. The summed E-state index contributed by atoms with van der Waals surface area (Å²) in [5.41, 5.74) is 2.85. The van der Waals surface area contributed by atoms with Crippen LogP contribution in [0.15, 0.2) is 103 Å². The van der Waals surface area contributed by atoms with Crippen molar-refractivity contribution in [3.05, 3.63) is 114 Å². The number of carbonyl (C=O) groups excluding carboxylic acids is 1. The quantitative estimate of drug-likeness (QED) is 0.248. The maximum absolute atomic E-state index is 13.6. The molecule has 1 N–H and O–H groups in total. The Morgan fingerprint density at radius 2 is 1.30 bits per heavy atom. The van der Waals surface area contributed by atoms with E-state index in [9.17, 15) is 10.0 Å². The fraction of sp³-hybridized carbons (Fsp3) is 0.0690. The molecule has 0 bridgehead atoms. The second-order valence-corrected chi connectivity index (χ2v) is 7.92. The predicted octanol–water partition coefficient (Wildman–Crippen LogP) is 6.70. The molecule has 0 saturated heterocycles. The molecule has 4 heteroatoms. The van der Waals surface area contributed by atoms with E-state index in [2.05, 4.69) is 0 Å². The van der Waals surface area contributed by atoms with E-state index in [0.717, 1.165) is 43.3 Å². The lowest BCUT2D eigenvalue weighted by molar-refractivity contribution is -0.0647. The highest BCUT2D eigenvalue weighted by atomic mass is 16.5. The van der Waals surface area contributed by atoms with E-state index in [-0.39, 0.29) is 6.54 Å². The lowest BCUT2D eigenvalue weighted by Crippen LogP contribution is -2.27. The number of rotatable bonds is 5. The summed E-state index contributed by atoms with van der Waals surface area (Å²) in [6, 6.07) is 33.1. The first-order valence-electron chi connectivity index (χ1n) is 10.8. The van der Waals surface area contributed by atoms with Crippen LogP contribution in [0.5, 0.6) is 5.75 Å². The van der Waals surface area contributed by atoms with Gasteiger partial charge >= 0.3 is 0 Å². The number of hydroxylamine groups is 2. The van der Waals surface area contributed by atoms with E-state index in [1.54, 1.807) is 13.2 Å². The monoisotopic (exact) mass is 433 g/mol. The van der Waals surface area contributed by atoms with Crippen LogP contribution in [0, 0.1) is 0 Å². The highest BCUT2D eigenvalue weighted by Crippen LogP contribution is 2.42. The molecule has 4 nitrogen and oxygen atoms in total. The third-order valence-electron chi connectivity index (χ3n) is 5.93. The van der Waals surface area contributed by atoms with Gasteiger partial charge in [-0.15, -0.1) is 0 Å². The molecule has 33 heavy (non-hydrogen) atoms. The van der Waals surface area contributed by atoms with E-state index in [0.29, 0.717) is 11.3 Å². The minimum absolute atomic E-state index is 0.0958. The van der Waals surface area contributed by atoms with E-state index in [1.165, 1.54) is 0 Å². The first-order chi connectivity index (χ1) is 16.2. The molecule has 0 atom stereocenters. The van der Waals surface area contributed by atoms with Crippen LogP contribution in [-0.2, 0) is 6.54 Å². The number of hydrogen-bond donors (Lipinski definition) is 1. The maximum Gasteiger partial charge on any atom is 0.278 e. The molecule has 0 aliphatic rings. The van der Waals surface area contributed by atoms with Gasteiger partial charge in [0.05, 0.1) is 19.2 Å². The van der Waals surface area contributed by atoms with Crippen LogP contribution in [0.1, 0.15) is 15.9 Å². The minimum atomic E-state index is -0.463. The van der Waals surface area contributed by atoms with E-state index in [4.69, 9.17) is 4.74 Å². The molecule has 0 unspecified atom stereocenters. The van der Waals surface area contributed by atoms with Crippen molar-refractivity contribution < 1.29 is 14.7 Å². The molecule has 5 aromatic carbocycles. The summed E-state index contributed by atoms with van der Waals surface area (Å²) in [5, 5.41) is 15.5. The number of fused-ring (bicyclic) bond motifs is 2.